The van der Waals surface area contributed by atoms with E-state index in [0.717, 1.165) is 11.8 Å². The first-order chi connectivity index (χ1) is 8.22. The largest absolute Gasteiger partial charge is 0.328 e. The SMILES string of the molecule is C#CC1CC2CCC(N)CC12.CC/C=C\CC. The van der Waals surface area contributed by atoms with Crippen molar-refractivity contribution in [2.75, 3.05) is 0 Å². The van der Waals surface area contributed by atoms with Crippen molar-refractivity contribution in [2.45, 2.75) is 58.4 Å². The summed E-state index contributed by atoms with van der Waals surface area (Å²) in [6.07, 6.45) is 17.1. The highest BCUT2D eigenvalue weighted by atomic mass is 14.7. The first-order valence-corrected chi connectivity index (χ1v) is 7.09. The maximum atomic E-state index is 5.87. The minimum Gasteiger partial charge on any atom is -0.328 e. The van der Waals surface area contributed by atoms with Crippen molar-refractivity contribution < 1.29 is 0 Å². The lowest BCUT2D eigenvalue weighted by molar-refractivity contribution is 0.0568. The molecule has 96 valence electrons. The summed E-state index contributed by atoms with van der Waals surface area (Å²) in [6, 6.07) is 0.437. The van der Waals surface area contributed by atoms with E-state index in [9.17, 15) is 0 Å². The van der Waals surface area contributed by atoms with Gasteiger partial charge in [-0.2, -0.15) is 0 Å². The summed E-state index contributed by atoms with van der Waals surface area (Å²) in [7, 11) is 0. The lowest BCUT2D eigenvalue weighted by atomic mass is 9.58. The summed E-state index contributed by atoms with van der Waals surface area (Å²) in [5.74, 6) is 5.14. The molecule has 1 nitrogen and oxygen atoms in total. The summed E-state index contributed by atoms with van der Waals surface area (Å²) >= 11 is 0. The van der Waals surface area contributed by atoms with E-state index < -0.39 is 0 Å². The molecule has 17 heavy (non-hydrogen) atoms. The summed E-state index contributed by atoms with van der Waals surface area (Å²) < 4.78 is 0. The van der Waals surface area contributed by atoms with Crippen LogP contribution >= 0.6 is 0 Å². The average molecular weight is 233 g/mol. The van der Waals surface area contributed by atoms with Crippen LogP contribution in [0.2, 0.25) is 0 Å². The van der Waals surface area contributed by atoms with Crippen LogP contribution in [0.25, 0.3) is 0 Å². The molecule has 0 spiro atoms. The molecule has 4 atom stereocenters. The van der Waals surface area contributed by atoms with E-state index in [1.165, 1.54) is 38.5 Å². The second-order valence-electron chi connectivity index (χ2n) is 5.29. The van der Waals surface area contributed by atoms with Crippen LogP contribution in [-0.4, -0.2) is 6.04 Å². The molecule has 0 aliphatic heterocycles. The normalized spacial score (nSPS) is 35.2. The number of rotatable bonds is 2. The van der Waals surface area contributed by atoms with Crippen LogP contribution in [0.15, 0.2) is 12.2 Å². The molecule has 0 aromatic carbocycles. The van der Waals surface area contributed by atoms with Crippen molar-refractivity contribution in [3.05, 3.63) is 12.2 Å². The third kappa shape index (κ3) is 4.21. The van der Waals surface area contributed by atoms with E-state index in [4.69, 9.17) is 12.2 Å². The Hall–Kier alpha value is -0.740. The van der Waals surface area contributed by atoms with Gasteiger partial charge in [0.1, 0.15) is 0 Å². The van der Waals surface area contributed by atoms with Gasteiger partial charge in [-0.3, -0.25) is 0 Å². The van der Waals surface area contributed by atoms with Crippen molar-refractivity contribution in [3.63, 3.8) is 0 Å². The smallest absolute Gasteiger partial charge is 0.0234 e. The van der Waals surface area contributed by atoms with Gasteiger partial charge in [0.2, 0.25) is 0 Å². The Balaban J connectivity index is 0.000000209. The van der Waals surface area contributed by atoms with E-state index in [-0.39, 0.29) is 0 Å². The van der Waals surface area contributed by atoms with Gasteiger partial charge in [0.25, 0.3) is 0 Å². The molecule has 2 aliphatic carbocycles. The molecule has 2 aliphatic rings. The molecule has 0 amide bonds. The van der Waals surface area contributed by atoms with E-state index in [1.54, 1.807) is 0 Å². The van der Waals surface area contributed by atoms with Crippen molar-refractivity contribution in [1.82, 2.24) is 0 Å². The van der Waals surface area contributed by atoms with E-state index in [2.05, 4.69) is 31.9 Å². The van der Waals surface area contributed by atoms with Gasteiger partial charge in [-0.25, -0.2) is 0 Å². The van der Waals surface area contributed by atoms with E-state index in [1.807, 2.05) is 0 Å². The minimum atomic E-state index is 0.437. The molecular formula is C16H27N. The summed E-state index contributed by atoms with van der Waals surface area (Å²) in [5, 5.41) is 0. The van der Waals surface area contributed by atoms with Crippen LogP contribution in [0.3, 0.4) is 0 Å². The molecule has 2 N–H and O–H groups in total. The number of terminal acetylenes is 1. The van der Waals surface area contributed by atoms with E-state index >= 15 is 0 Å². The predicted molar refractivity (Wildman–Crippen MR) is 75.5 cm³/mol. The molecule has 0 radical (unpaired) electrons. The maximum absolute atomic E-state index is 5.87. The lowest BCUT2D eigenvalue weighted by Gasteiger charge is -2.47. The zero-order valence-electron chi connectivity index (χ0n) is 11.4. The minimum absolute atomic E-state index is 0.437. The fraction of sp³-hybridized carbons (Fsp3) is 0.750. The van der Waals surface area contributed by atoms with Gasteiger partial charge in [0.05, 0.1) is 0 Å². The fourth-order valence-electron chi connectivity index (χ4n) is 2.92. The van der Waals surface area contributed by atoms with Crippen LogP contribution in [0.1, 0.15) is 52.4 Å². The van der Waals surface area contributed by atoms with E-state index in [0.29, 0.717) is 12.0 Å². The molecule has 2 fully saturated rings. The van der Waals surface area contributed by atoms with Crippen LogP contribution in [0.5, 0.6) is 0 Å². The highest BCUT2D eigenvalue weighted by Crippen LogP contribution is 2.48. The van der Waals surface area contributed by atoms with Gasteiger partial charge in [0, 0.05) is 12.0 Å². The molecular weight excluding hydrogens is 206 g/mol. The summed E-state index contributed by atoms with van der Waals surface area (Å²) in [6.45, 7) is 4.29. The quantitative estimate of drug-likeness (QED) is 0.570. The standard InChI is InChI=1S/C10H15N.C6H12/c1-2-7-5-8-3-4-9(11)6-10(7)8;1-3-5-6-4-2/h1,7-10H,3-6,11H2;5-6H,3-4H2,1-2H3/b;6-5-. The zero-order chi connectivity index (χ0) is 12.7. The van der Waals surface area contributed by atoms with Crippen LogP contribution in [0.4, 0.5) is 0 Å². The second-order valence-corrected chi connectivity index (χ2v) is 5.29. The highest BCUT2D eigenvalue weighted by molar-refractivity contribution is 5.07. The number of nitrogens with two attached hydrogens (primary N) is 1. The molecule has 0 bridgehead atoms. The number of hydrogen-bond acceptors (Lipinski definition) is 1. The number of hydrogen-bond donors (Lipinski definition) is 1. The Morgan fingerprint density at radius 1 is 1.18 bits per heavy atom. The zero-order valence-corrected chi connectivity index (χ0v) is 11.4. The molecule has 4 unspecified atom stereocenters. The van der Waals surface area contributed by atoms with Crippen molar-refractivity contribution in [3.8, 4) is 12.3 Å². The van der Waals surface area contributed by atoms with Crippen molar-refractivity contribution in [1.29, 1.82) is 0 Å². The first-order valence-electron chi connectivity index (χ1n) is 7.09. The fourth-order valence-corrected chi connectivity index (χ4v) is 2.92. The molecule has 2 rings (SSSR count). The molecule has 1 heteroatoms. The summed E-state index contributed by atoms with van der Waals surface area (Å²) in [4.78, 5) is 0. The first kappa shape index (κ1) is 14.3. The summed E-state index contributed by atoms with van der Waals surface area (Å²) in [5.41, 5.74) is 5.87. The third-order valence-electron chi connectivity index (χ3n) is 4.01. The number of allylic oxidation sites excluding steroid dienone is 2. The van der Waals surface area contributed by atoms with Crippen molar-refractivity contribution in [2.24, 2.45) is 23.5 Å². The monoisotopic (exact) mass is 233 g/mol. The molecule has 0 saturated heterocycles. The Morgan fingerprint density at radius 2 is 1.82 bits per heavy atom. The predicted octanol–water partition coefficient (Wildman–Crippen LogP) is 3.75. The van der Waals surface area contributed by atoms with Crippen molar-refractivity contribution >= 4 is 0 Å². The second kappa shape index (κ2) is 7.56. The van der Waals surface area contributed by atoms with Crippen LogP contribution in [-0.2, 0) is 0 Å². The van der Waals surface area contributed by atoms with Gasteiger partial charge >= 0.3 is 0 Å². The molecule has 0 aromatic heterocycles. The van der Waals surface area contributed by atoms with Gasteiger partial charge in [-0.15, -0.1) is 12.3 Å². The van der Waals surface area contributed by atoms with Gasteiger partial charge in [0.15, 0.2) is 0 Å². The Labute approximate surface area is 107 Å². The Bertz CT molecular complexity index is 268. The molecule has 0 heterocycles. The lowest BCUT2D eigenvalue weighted by Crippen LogP contribution is -2.44. The third-order valence-corrected chi connectivity index (χ3v) is 4.01. The maximum Gasteiger partial charge on any atom is 0.0234 e. The Morgan fingerprint density at radius 3 is 2.35 bits per heavy atom. The van der Waals surface area contributed by atoms with Crippen LogP contribution in [0, 0.1) is 30.1 Å². The van der Waals surface area contributed by atoms with Gasteiger partial charge in [-0.05, 0) is 50.4 Å². The average Bonchev–Trinajstić information content (AvgIpc) is 2.32. The highest BCUT2D eigenvalue weighted by Gasteiger charge is 2.42. The van der Waals surface area contributed by atoms with Gasteiger partial charge in [-0.1, -0.05) is 26.0 Å². The Kier molecular flexibility index (Phi) is 6.37. The van der Waals surface area contributed by atoms with Crippen LogP contribution < -0.4 is 5.73 Å². The topological polar surface area (TPSA) is 26.0 Å². The molecule has 0 aromatic rings. The molecule has 2 saturated carbocycles. The number of fused-ring (bicyclic) bond motifs is 1. The van der Waals surface area contributed by atoms with Gasteiger partial charge < -0.3 is 5.73 Å².